The average molecular weight is 245 g/mol. The number of hydrogen-bond donors (Lipinski definition) is 1. The van der Waals surface area contributed by atoms with Gasteiger partial charge in [-0.05, 0) is 42.3 Å². The average Bonchev–Trinajstić information content (AvgIpc) is 2.90. The van der Waals surface area contributed by atoms with Gasteiger partial charge < -0.3 is 10.2 Å². The van der Waals surface area contributed by atoms with Crippen molar-refractivity contribution in [2.75, 3.05) is 25.0 Å². The number of nitrogens with zero attached hydrogens (tertiary/aromatic N) is 6. The first-order valence-electron chi connectivity index (χ1n) is 6.41. The van der Waals surface area contributed by atoms with E-state index in [0.717, 1.165) is 18.3 Å². The van der Waals surface area contributed by atoms with E-state index < -0.39 is 0 Å². The summed E-state index contributed by atoms with van der Waals surface area (Å²) in [6.07, 6.45) is 6.04. The molecule has 3 saturated heterocycles. The highest BCUT2D eigenvalue weighted by molar-refractivity contribution is 5.44. The van der Waals surface area contributed by atoms with Gasteiger partial charge in [-0.25, -0.2) is 0 Å². The lowest BCUT2D eigenvalue weighted by atomic mass is 9.84. The zero-order valence-corrected chi connectivity index (χ0v) is 10.0. The Bertz CT molecular complexity index is 557. The van der Waals surface area contributed by atoms with Gasteiger partial charge in [-0.1, -0.05) is 0 Å². The van der Waals surface area contributed by atoms with Crippen molar-refractivity contribution in [3.05, 3.63) is 12.4 Å². The predicted octanol–water partition coefficient (Wildman–Crippen LogP) is 0.0254. The summed E-state index contributed by atoms with van der Waals surface area (Å²) in [5.74, 6) is 1.65. The highest BCUT2D eigenvalue weighted by atomic mass is 15.5. The van der Waals surface area contributed by atoms with Crippen molar-refractivity contribution in [2.45, 2.75) is 18.9 Å². The molecule has 1 N–H and O–H groups in total. The van der Waals surface area contributed by atoms with Gasteiger partial charge in [-0.2, -0.15) is 4.52 Å². The smallest absolute Gasteiger partial charge is 0.199 e. The topological polar surface area (TPSA) is 71.2 Å². The summed E-state index contributed by atoms with van der Waals surface area (Å²) < 4.78 is 1.71. The molecule has 5 heterocycles. The molecule has 1 atom stereocenters. The number of tetrazole rings is 1. The quantitative estimate of drug-likeness (QED) is 0.804. The van der Waals surface area contributed by atoms with Gasteiger partial charge in [0.1, 0.15) is 0 Å². The highest BCUT2D eigenvalue weighted by Gasteiger charge is 2.34. The number of piperidine rings is 3. The van der Waals surface area contributed by atoms with E-state index in [0.29, 0.717) is 11.7 Å². The van der Waals surface area contributed by atoms with Gasteiger partial charge in [0.2, 0.25) is 0 Å². The first kappa shape index (κ1) is 10.2. The third kappa shape index (κ3) is 1.54. The van der Waals surface area contributed by atoms with Crippen LogP contribution in [0.4, 0.5) is 5.82 Å². The Balaban J connectivity index is 1.62. The zero-order chi connectivity index (χ0) is 11.9. The summed E-state index contributed by atoms with van der Waals surface area (Å²) in [6, 6.07) is 0.490. The second kappa shape index (κ2) is 3.88. The van der Waals surface area contributed by atoms with E-state index in [1.54, 1.807) is 16.9 Å². The zero-order valence-electron chi connectivity index (χ0n) is 10.0. The second-order valence-electron chi connectivity index (χ2n) is 5.13. The molecule has 0 saturated carbocycles. The number of fused-ring (bicyclic) bond motifs is 4. The van der Waals surface area contributed by atoms with Crippen LogP contribution in [0.1, 0.15) is 12.8 Å². The fraction of sp³-hybridized carbons (Fsp3) is 0.636. The maximum Gasteiger partial charge on any atom is 0.199 e. The summed E-state index contributed by atoms with van der Waals surface area (Å²) >= 11 is 0. The third-order valence-electron chi connectivity index (χ3n) is 4.10. The highest BCUT2D eigenvalue weighted by Crippen LogP contribution is 2.29. The minimum Gasteiger partial charge on any atom is -0.364 e. The molecule has 0 aliphatic carbocycles. The lowest BCUT2D eigenvalue weighted by Gasteiger charge is -2.45. The monoisotopic (exact) mass is 245 g/mol. The van der Waals surface area contributed by atoms with Crippen molar-refractivity contribution in [3.8, 4) is 0 Å². The summed E-state index contributed by atoms with van der Waals surface area (Å²) in [4.78, 5) is 6.69. The fourth-order valence-electron chi connectivity index (χ4n) is 3.09. The molecule has 7 heteroatoms. The van der Waals surface area contributed by atoms with Crippen LogP contribution >= 0.6 is 0 Å². The number of aromatic nitrogens is 5. The van der Waals surface area contributed by atoms with Gasteiger partial charge in [0.05, 0.1) is 12.4 Å². The maximum atomic E-state index is 4.17. The van der Waals surface area contributed by atoms with Gasteiger partial charge >= 0.3 is 0 Å². The maximum absolute atomic E-state index is 4.17. The second-order valence-corrected chi connectivity index (χ2v) is 5.13. The lowest BCUT2D eigenvalue weighted by Crippen LogP contribution is -2.53. The summed E-state index contributed by atoms with van der Waals surface area (Å²) in [5.41, 5.74) is 0.682. The van der Waals surface area contributed by atoms with Crippen LogP contribution in [0.3, 0.4) is 0 Å². The number of hydrogen-bond acceptors (Lipinski definition) is 6. The van der Waals surface area contributed by atoms with E-state index in [4.69, 9.17) is 0 Å². The molecule has 3 aliphatic rings. The molecule has 7 nitrogen and oxygen atoms in total. The van der Waals surface area contributed by atoms with Crippen LogP contribution in [0.5, 0.6) is 0 Å². The minimum absolute atomic E-state index is 0.490. The number of rotatable bonds is 2. The SMILES string of the molecule is c1ncc2nnnn2c1NC1CN2CCC1CC2. The van der Waals surface area contributed by atoms with Crippen molar-refractivity contribution in [3.63, 3.8) is 0 Å². The van der Waals surface area contributed by atoms with Crippen LogP contribution in [0.15, 0.2) is 12.4 Å². The molecule has 0 amide bonds. The molecule has 5 rings (SSSR count). The molecule has 2 bridgehead atoms. The van der Waals surface area contributed by atoms with Crippen molar-refractivity contribution < 1.29 is 0 Å². The van der Waals surface area contributed by atoms with Crippen LogP contribution in [-0.4, -0.2) is 55.6 Å². The summed E-state index contributed by atoms with van der Waals surface area (Å²) in [5, 5.41) is 15.1. The molecular formula is C11H15N7. The molecular weight excluding hydrogens is 230 g/mol. The Labute approximate surface area is 104 Å². The van der Waals surface area contributed by atoms with Gasteiger partial charge in [0, 0.05) is 12.6 Å². The Kier molecular flexibility index (Phi) is 2.19. The number of nitrogens with one attached hydrogen (secondary N) is 1. The molecule has 1 unspecified atom stereocenters. The van der Waals surface area contributed by atoms with Gasteiger partial charge in [0.15, 0.2) is 11.5 Å². The Hall–Kier alpha value is -1.76. The van der Waals surface area contributed by atoms with E-state index >= 15 is 0 Å². The Morgan fingerprint density at radius 3 is 2.89 bits per heavy atom. The van der Waals surface area contributed by atoms with Crippen LogP contribution < -0.4 is 5.32 Å². The predicted molar refractivity (Wildman–Crippen MR) is 65.2 cm³/mol. The Morgan fingerprint density at radius 2 is 2.11 bits per heavy atom. The molecule has 18 heavy (non-hydrogen) atoms. The van der Waals surface area contributed by atoms with E-state index in [9.17, 15) is 0 Å². The van der Waals surface area contributed by atoms with E-state index in [1.807, 2.05) is 0 Å². The molecule has 3 fully saturated rings. The van der Waals surface area contributed by atoms with Crippen LogP contribution in [0.2, 0.25) is 0 Å². The summed E-state index contributed by atoms with van der Waals surface area (Å²) in [7, 11) is 0. The molecule has 94 valence electrons. The van der Waals surface area contributed by atoms with Crippen LogP contribution in [0.25, 0.3) is 5.65 Å². The van der Waals surface area contributed by atoms with Gasteiger partial charge in [-0.3, -0.25) is 4.98 Å². The molecule has 0 spiro atoms. The van der Waals surface area contributed by atoms with Crippen LogP contribution in [-0.2, 0) is 0 Å². The largest absolute Gasteiger partial charge is 0.364 e. The van der Waals surface area contributed by atoms with Crippen molar-refractivity contribution in [2.24, 2.45) is 5.92 Å². The molecule has 2 aromatic heterocycles. The van der Waals surface area contributed by atoms with Crippen molar-refractivity contribution in [1.29, 1.82) is 0 Å². The normalized spacial score (nSPS) is 30.8. The van der Waals surface area contributed by atoms with E-state index in [1.165, 1.54) is 25.9 Å². The molecule has 3 aliphatic heterocycles. The Morgan fingerprint density at radius 1 is 1.22 bits per heavy atom. The van der Waals surface area contributed by atoms with E-state index in [-0.39, 0.29) is 0 Å². The first-order valence-corrected chi connectivity index (χ1v) is 6.41. The molecule has 0 aromatic carbocycles. The molecule has 2 aromatic rings. The standard InChI is InChI=1S/C11H15N7/c1-3-17-4-2-8(1)9(7-17)13-10-5-12-6-11-14-15-16-18(10)11/h5-6,8-9,13H,1-4,7H2. The molecule has 0 radical (unpaired) electrons. The summed E-state index contributed by atoms with van der Waals surface area (Å²) in [6.45, 7) is 3.61. The fourth-order valence-corrected chi connectivity index (χ4v) is 3.09. The minimum atomic E-state index is 0.490. The third-order valence-corrected chi connectivity index (χ3v) is 4.10. The van der Waals surface area contributed by atoms with Crippen molar-refractivity contribution >= 4 is 11.5 Å². The van der Waals surface area contributed by atoms with Crippen LogP contribution in [0, 0.1) is 5.92 Å². The van der Waals surface area contributed by atoms with Gasteiger partial charge in [0.25, 0.3) is 0 Å². The first-order chi connectivity index (χ1) is 8.90. The van der Waals surface area contributed by atoms with Gasteiger partial charge in [-0.15, -0.1) is 5.10 Å². The number of anilines is 1. The lowest BCUT2D eigenvalue weighted by molar-refractivity contribution is 0.0973. The van der Waals surface area contributed by atoms with Crippen molar-refractivity contribution in [1.82, 2.24) is 29.9 Å². The van der Waals surface area contributed by atoms with E-state index in [2.05, 4.69) is 30.7 Å².